The van der Waals surface area contributed by atoms with Gasteiger partial charge in [0.15, 0.2) is 0 Å². The number of rotatable bonds is 8. The van der Waals surface area contributed by atoms with Crippen molar-refractivity contribution in [1.82, 2.24) is 14.9 Å². The molecule has 0 radical (unpaired) electrons. The Morgan fingerprint density at radius 2 is 1.97 bits per heavy atom. The van der Waals surface area contributed by atoms with E-state index in [1.807, 2.05) is 42.5 Å². The zero-order chi connectivity index (χ0) is 21.5. The van der Waals surface area contributed by atoms with E-state index < -0.39 is 0 Å². The van der Waals surface area contributed by atoms with Crippen molar-refractivity contribution >= 4 is 28.2 Å². The van der Waals surface area contributed by atoms with Gasteiger partial charge in [-0.25, -0.2) is 9.97 Å². The highest BCUT2D eigenvalue weighted by molar-refractivity contribution is 5.92. The van der Waals surface area contributed by atoms with Crippen molar-refractivity contribution in [1.29, 1.82) is 0 Å². The van der Waals surface area contributed by atoms with E-state index in [1.165, 1.54) is 32.4 Å². The van der Waals surface area contributed by atoms with Crippen LogP contribution in [-0.4, -0.2) is 40.3 Å². The number of piperidine rings is 1. The Kier molecular flexibility index (Phi) is 6.91. The summed E-state index contributed by atoms with van der Waals surface area (Å²) in [5, 5.41) is 4.23. The van der Waals surface area contributed by atoms with Crippen LogP contribution in [0.4, 0.5) is 11.5 Å². The Morgan fingerprint density at radius 3 is 2.81 bits per heavy atom. The molecular weight excluding hydrogens is 384 g/mol. The van der Waals surface area contributed by atoms with Gasteiger partial charge < -0.3 is 10.2 Å². The van der Waals surface area contributed by atoms with Gasteiger partial charge in [-0.3, -0.25) is 4.79 Å². The summed E-state index contributed by atoms with van der Waals surface area (Å²) < 4.78 is 0. The first-order chi connectivity index (χ1) is 15.2. The Hall–Kier alpha value is -3.23. The predicted molar refractivity (Wildman–Crippen MR) is 125 cm³/mol. The molecule has 0 bridgehead atoms. The second-order valence-corrected chi connectivity index (χ2v) is 8.15. The molecule has 1 aliphatic heterocycles. The number of carbonyl (C=O) groups excluding carboxylic acids is 1. The topological polar surface area (TPSA) is 58.1 Å². The molecule has 1 saturated heterocycles. The Labute approximate surface area is 183 Å². The Morgan fingerprint density at radius 1 is 1.10 bits per heavy atom. The average molecular weight is 413 g/mol. The van der Waals surface area contributed by atoms with Gasteiger partial charge in [0.05, 0.1) is 5.52 Å². The number of hydrogen-bond donors (Lipinski definition) is 1. The van der Waals surface area contributed by atoms with Gasteiger partial charge in [-0.1, -0.05) is 24.5 Å². The summed E-state index contributed by atoms with van der Waals surface area (Å²) in [7, 11) is 0. The molecule has 2 aromatic carbocycles. The average Bonchev–Trinajstić information content (AvgIpc) is 2.80. The van der Waals surface area contributed by atoms with Crippen LogP contribution in [-0.2, 0) is 11.2 Å². The van der Waals surface area contributed by atoms with Gasteiger partial charge in [0.1, 0.15) is 17.9 Å². The number of nitrogens with zero attached hydrogens (tertiary/aromatic N) is 3. The number of ketones is 1. The second kappa shape index (κ2) is 10.2. The number of terminal acetylenes is 1. The quantitative estimate of drug-likeness (QED) is 0.542. The largest absolute Gasteiger partial charge is 0.340 e. The third kappa shape index (κ3) is 5.68. The first-order valence-electron chi connectivity index (χ1n) is 11.0. The number of nitrogens with one attached hydrogen (secondary N) is 1. The van der Waals surface area contributed by atoms with E-state index in [9.17, 15) is 4.79 Å². The molecule has 5 nitrogen and oxygen atoms in total. The molecule has 5 heteroatoms. The highest BCUT2D eigenvalue weighted by atomic mass is 16.1. The lowest BCUT2D eigenvalue weighted by atomic mass is 10.0. The van der Waals surface area contributed by atoms with Gasteiger partial charge in [0, 0.05) is 29.5 Å². The molecule has 0 unspecified atom stereocenters. The lowest BCUT2D eigenvalue weighted by molar-refractivity contribution is -0.118. The summed E-state index contributed by atoms with van der Waals surface area (Å²) >= 11 is 0. The number of hydrogen-bond acceptors (Lipinski definition) is 5. The number of likely N-dealkylation sites (tertiary alicyclic amines) is 1. The van der Waals surface area contributed by atoms with Crippen molar-refractivity contribution in [3.63, 3.8) is 0 Å². The molecule has 0 atom stereocenters. The monoisotopic (exact) mass is 412 g/mol. The third-order valence-corrected chi connectivity index (χ3v) is 5.77. The molecule has 3 aromatic rings. The van der Waals surface area contributed by atoms with Crippen molar-refractivity contribution in [3.8, 4) is 12.3 Å². The zero-order valence-electron chi connectivity index (χ0n) is 17.8. The summed E-state index contributed by atoms with van der Waals surface area (Å²) in [6.45, 7) is 3.39. The number of aromatic nitrogens is 2. The van der Waals surface area contributed by atoms with E-state index in [4.69, 9.17) is 6.42 Å². The lowest BCUT2D eigenvalue weighted by Gasteiger charge is -2.26. The van der Waals surface area contributed by atoms with E-state index in [0.717, 1.165) is 40.7 Å². The highest BCUT2D eigenvalue weighted by Gasteiger charge is 2.12. The number of fused-ring (bicyclic) bond motifs is 1. The highest BCUT2D eigenvalue weighted by Crippen LogP contribution is 2.25. The molecule has 0 saturated carbocycles. The smallest absolute Gasteiger partial charge is 0.141 e. The van der Waals surface area contributed by atoms with Crippen LogP contribution in [0.5, 0.6) is 0 Å². The van der Waals surface area contributed by atoms with Crippen molar-refractivity contribution < 1.29 is 4.79 Å². The van der Waals surface area contributed by atoms with Crippen LogP contribution in [0.25, 0.3) is 10.9 Å². The first kappa shape index (κ1) is 21.0. The summed E-state index contributed by atoms with van der Waals surface area (Å²) in [6, 6.07) is 13.6. The maximum atomic E-state index is 12.6. The van der Waals surface area contributed by atoms with E-state index in [0.29, 0.717) is 18.7 Å². The molecule has 31 heavy (non-hydrogen) atoms. The van der Waals surface area contributed by atoms with Gasteiger partial charge in [-0.05, 0) is 74.8 Å². The third-order valence-electron chi connectivity index (χ3n) is 5.77. The van der Waals surface area contributed by atoms with Crippen LogP contribution >= 0.6 is 0 Å². The van der Waals surface area contributed by atoms with Crippen LogP contribution in [0.15, 0.2) is 48.8 Å². The van der Waals surface area contributed by atoms with Gasteiger partial charge in [0.2, 0.25) is 0 Å². The van der Waals surface area contributed by atoms with E-state index in [-0.39, 0.29) is 5.78 Å². The van der Waals surface area contributed by atoms with Crippen LogP contribution in [0.1, 0.15) is 43.2 Å². The number of carbonyl (C=O) groups is 1. The molecule has 0 amide bonds. The Bertz CT molecular complexity index is 1100. The second-order valence-electron chi connectivity index (χ2n) is 8.15. The fourth-order valence-corrected chi connectivity index (χ4v) is 4.14. The standard InChI is InChI=1S/C26H28N4O/c1-2-20-8-6-9-22(16-20)29-26-24-18-21(11-12-25(24)27-19-28-26)17-23(31)10-7-15-30-13-4-3-5-14-30/h1,6,8-9,11-12,16,18-19H,3-5,7,10,13-15,17H2,(H,27,28,29). The number of anilines is 2. The maximum absolute atomic E-state index is 12.6. The summed E-state index contributed by atoms with van der Waals surface area (Å²) in [5.74, 6) is 3.63. The van der Waals surface area contributed by atoms with E-state index in [2.05, 4.69) is 26.1 Å². The molecule has 0 spiro atoms. The zero-order valence-corrected chi connectivity index (χ0v) is 17.8. The van der Waals surface area contributed by atoms with Crippen LogP contribution in [0.3, 0.4) is 0 Å². The molecular formula is C26H28N4O. The SMILES string of the molecule is C#Cc1cccc(Nc2ncnc3ccc(CC(=O)CCCN4CCCCC4)cc23)c1. The van der Waals surface area contributed by atoms with E-state index >= 15 is 0 Å². The fourth-order valence-electron chi connectivity index (χ4n) is 4.14. The van der Waals surface area contributed by atoms with Crippen molar-refractivity contribution in [2.45, 2.75) is 38.5 Å². The number of Topliss-reactive ketones (excluding diaryl/α,β-unsaturated/α-hetero) is 1. The predicted octanol–water partition coefficient (Wildman–Crippen LogP) is 4.73. The lowest BCUT2D eigenvalue weighted by Crippen LogP contribution is -2.30. The Balaban J connectivity index is 1.42. The van der Waals surface area contributed by atoms with Crippen LogP contribution in [0.2, 0.25) is 0 Å². The molecule has 1 N–H and O–H groups in total. The molecule has 2 heterocycles. The van der Waals surface area contributed by atoms with Crippen molar-refractivity contribution in [2.75, 3.05) is 25.0 Å². The minimum atomic E-state index is 0.282. The van der Waals surface area contributed by atoms with Gasteiger partial charge in [0.25, 0.3) is 0 Å². The van der Waals surface area contributed by atoms with Gasteiger partial charge >= 0.3 is 0 Å². The minimum absolute atomic E-state index is 0.282. The maximum Gasteiger partial charge on any atom is 0.141 e. The molecule has 1 aromatic heterocycles. The summed E-state index contributed by atoms with van der Waals surface area (Å²) in [4.78, 5) is 23.8. The molecule has 0 aliphatic carbocycles. The van der Waals surface area contributed by atoms with Crippen molar-refractivity contribution in [3.05, 3.63) is 59.9 Å². The summed E-state index contributed by atoms with van der Waals surface area (Å²) in [6.07, 6.45) is 13.0. The van der Waals surface area contributed by atoms with Gasteiger partial charge in [-0.15, -0.1) is 6.42 Å². The normalized spacial score (nSPS) is 14.3. The molecule has 4 rings (SSSR count). The minimum Gasteiger partial charge on any atom is -0.340 e. The van der Waals surface area contributed by atoms with Gasteiger partial charge in [-0.2, -0.15) is 0 Å². The summed E-state index contributed by atoms with van der Waals surface area (Å²) in [5.41, 5.74) is 3.51. The van der Waals surface area contributed by atoms with Crippen LogP contribution in [0, 0.1) is 12.3 Å². The fraction of sp³-hybridized carbons (Fsp3) is 0.346. The molecule has 158 valence electrons. The van der Waals surface area contributed by atoms with Crippen molar-refractivity contribution in [2.24, 2.45) is 0 Å². The van der Waals surface area contributed by atoms with Crippen LogP contribution < -0.4 is 5.32 Å². The van der Waals surface area contributed by atoms with E-state index in [1.54, 1.807) is 6.33 Å². The number of benzene rings is 2. The first-order valence-corrected chi connectivity index (χ1v) is 11.0. The molecule has 1 fully saturated rings. The molecule has 1 aliphatic rings.